The SMILES string of the molecule is OC(c1ccc(-c2ccc3ncc(C#Cc4cc(NCc5ccccc5)nc5[nH]ccc45)n3n2)cc1)N1CCOCC1. The average molecular weight is 556 g/mol. The molecule has 9 heteroatoms. The summed E-state index contributed by atoms with van der Waals surface area (Å²) in [5.41, 5.74) is 6.80. The summed E-state index contributed by atoms with van der Waals surface area (Å²) in [4.78, 5) is 14.4. The maximum atomic E-state index is 10.8. The maximum absolute atomic E-state index is 10.8. The number of aliphatic hydroxyl groups is 1. The van der Waals surface area contributed by atoms with Crippen molar-refractivity contribution in [3.63, 3.8) is 0 Å². The maximum Gasteiger partial charge on any atom is 0.154 e. The van der Waals surface area contributed by atoms with Gasteiger partial charge in [0.2, 0.25) is 0 Å². The fourth-order valence-corrected chi connectivity index (χ4v) is 5.12. The summed E-state index contributed by atoms with van der Waals surface area (Å²) in [5.74, 6) is 7.35. The molecule has 0 saturated carbocycles. The molecule has 3 N–H and O–H groups in total. The van der Waals surface area contributed by atoms with Crippen molar-refractivity contribution in [3.05, 3.63) is 114 Å². The van der Waals surface area contributed by atoms with Crippen LogP contribution in [-0.4, -0.2) is 60.9 Å². The number of benzene rings is 2. The number of aliphatic hydroxyl groups excluding tert-OH is 1. The van der Waals surface area contributed by atoms with Gasteiger partial charge in [-0.05, 0) is 41.3 Å². The number of hydrogen-bond donors (Lipinski definition) is 3. The van der Waals surface area contributed by atoms with Gasteiger partial charge < -0.3 is 20.1 Å². The Kier molecular flexibility index (Phi) is 7.08. The van der Waals surface area contributed by atoms with Gasteiger partial charge in [0, 0.05) is 42.3 Å². The Balaban J connectivity index is 1.15. The van der Waals surface area contributed by atoms with E-state index in [9.17, 15) is 5.11 Å². The highest BCUT2D eigenvalue weighted by molar-refractivity contribution is 5.84. The van der Waals surface area contributed by atoms with Crippen molar-refractivity contribution >= 4 is 22.5 Å². The molecule has 4 aromatic heterocycles. The molecule has 42 heavy (non-hydrogen) atoms. The molecular weight excluding hydrogens is 526 g/mol. The number of aromatic amines is 1. The molecule has 0 amide bonds. The van der Waals surface area contributed by atoms with E-state index in [1.807, 2.05) is 77.8 Å². The first-order valence-corrected chi connectivity index (χ1v) is 13.9. The third-order valence-electron chi connectivity index (χ3n) is 7.43. The van der Waals surface area contributed by atoms with Gasteiger partial charge in [-0.3, -0.25) is 4.90 Å². The molecule has 1 atom stereocenters. The van der Waals surface area contributed by atoms with Gasteiger partial charge >= 0.3 is 0 Å². The monoisotopic (exact) mass is 555 g/mol. The molecule has 0 radical (unpaired) electrons. The molecule has 1 aliphatic rings. The zero-order valence-electron chi connectivity index (χ0n) is 22.9. The summed E-state index contributed by atoms with van der Waals surface area (Å²) < 4.78 is 7.17. The van der Waals surface area contributed by atoms with E-state index in [2.05, 4.69) is 39.3 Å². The summed E-state index contributed by atoms with van der Waals surface area (Å²) in [6, 6.07) is 25.9. The second-order valence-corrected chi connectivity index (χ2v) is 10.2. The lowest BCUT2D eigenvalue weighted by atomic mass is 10.1. The standard InChI is InChI=1S/C33H29N7O2/c41-33(39-16-18-42-19-17-39)25-8-6-24(7-9-25)29-12-13-31-36-22-27(40(31)38-29)11-10-26-20-30(37-32-28(26)14-15-34-32)35-21-23-4-2-1-3-5-23/h1-9,12-15,20,22,33,41H,16-19,21H2,(H2,34,35,37). The van der Waals surface area contributed by atoms with Crippen LogP contribution in [0.4, 0.5) is 5.82 Å². The summed E-state index contributed by atoms with van der Waals surface area (Å²) in [7, 11) is 0. The van der Waals surface area contributed by atoms with E-state index in [0.29, 0.717) is 44.2 Å². The van der Waals surface area contributed by atoms with Gasteiger partial charge in [0.05, 0.1) is 25.1 Å². The number of imidazole rings is 1. The van der Waals surface area contributed by atoms with Crippen LogP contribution in [0.1, 0.15) is 28.6 Å². The summed E-state index contributed by atoms with van der Waals surface area (Å²) in [6.07, 6.45) is 2.96. The molecule has 9 nitrogen and oxygen atoms in total. The normalized spacial score (nSPS) is 14.5. The fourth-order valence-electron chi connectivity index (χ4n) is 5.12. The first kappa shape index (κ1) is 25.9. The van der Waals surface area contributed by atoms with Crippen LogP contribution in [0.25, 0.3) is 27.9 Å². The lowest BCUT2D eigenvalue weighted by Crippen LogP contribution is -2.38. The zero-order chi connectivity index (χ0) is 28.3. The molecular formula is C33H29N7O2. The number of nitrogens with zero attached hydrogens (tertiary/aromatic N) is 5. The van der Waals surface area contributed by atoms with Crippen molar-refractivity contribution in [1.29, 1.82) is 0 Å². The smallest absolute Gasteiger partial charge is 0.154 e. The van der Waals surface area contributed by atoms with Gasteiger partial charge in [-0.25, -0.2) is 14.5 Å². The van der Waals surface area contributed by atoms with Crippen molar-refractivity contribution in [2.75, 3.05) is 31.6 Å². The van der Waals surface area contributed by atoms with E-state index >= 15 is 0 Å². The number of morpholine rings is 1. The fraction of sp³-hybridized carbons (Fsp3) is 0.182. The molecule has 0 bridgehead atoms. The molecule has 1 aliphatic heterocycles. The number of pyridine rings is 1. The van der Waals surface area contributed by atoms with Crippen molar-refractivity contribution in [2.45, 2.75) is 12.8 Å². The van der Waals surface area contributed by atoms with Crippen LogP contribution in [0.3, 0.4) is 0 Å². The predicted octanol–water partition coefficient (Wildman–Crippen LogP) is 4.61. The molecule has 2 aromatic carbocycles. The molecule has 208 valence electrons. The van der Waals surface area contributed by atoms with Crippen molar-refractivity contribution in [2.24, 2.45) is 0 Å². The van der Waals surface area contributed by atoms with Crippen molar-refractivity contribution in [3.8, 4) is 23.1 Å². The number of rotatable bonds is 6. The largest absolute Gasteiger partial charge is 0.379 e. The molecule has 1 saturated heterocycles. The number of H-pyrrole nitrogens is 1. The molecule has 0 aliphatic carbocycles. The van der Waals surface area contributed by atoms with E-state index in [1.165, 1.54) is 5.56 Å². The highest BCUT2D eigenvalue weighted by atomic mass is 16.5. The van der Waals surface area contributed by atoms with Gasteiger partial charge in [-0.2, -0.15) is 5.10 Å². The van der Waals surface area contributed by atoms with Crippen LogP contribution in [0.15, 0.2) is 91.3 Å². The van der Waals surface area contributed by atoms with Crippen molar-refractivity contribution in [1.82, 2.24) is 29.5 Å². The van der Waals surface area contributed by atoms with Gasteiger partial charge in [-0.1, -0.05) is 60.5 Å². The summed E-state index contributed by atoms with van der Waals surface area (Å²) in [6.45, 7) is 3.37. The summed E-state index contributed by atoms with van der Waals surface area (Å²) >= 11 is 0. The van der Waals surface area contributed by atoms with Crippen molar-refractivity contribution < 1.29 is 9.84 Å². The number of anilines is 1. The van der Waals surface area contributed by atoms with Crippen LogP contribution < -0.4 is 5.32 Å². The third kappa shape index (κ3) is 5.34. The quantitative estimate of drug-likeness (QED) is 0.258. The molecule has 0 spiro atoms. The highest BCUT2D eigenvalue weighted by Gasteiger charge is 2.20. The second-order valence-electron chi connectivity index (χ2n) is 10.2. The van der Waals surface area contributed by atoms with Crippen LogP contribution in [0, 0.1) is 11.8 Å². The van der Waals surface area contributed by atoms with E-state index < -0.39 is 6.23 Å². The minimum absolute atomic E-state index is 0.638. The number of nitrogens with one attached hydrogen (secondary N) is 2. The van der Waals surface area contributed by atoms with Crippen LogP contribution >= 0.6 is 0 Å². The number of aromatic nitrogens is 5. The van der Waals surface area contributed by atoms with Gasteiger partial charge in [-0.15, -0.1) is 0 Å². The highest BCUT2D eigenvalue weighted by Crippen LogP contribution is 2.24. The third-order valence-corrected chi connectivity index (χ3v) is 7.43. The average Bonchev–Trinajstić information content (AvgIpc) is 3.70. The van der Waals surface area contributed by atoms with E-state index in [4.69, 9.17) is 14.8 Å². The minimum Gasteiger partial charge on any atom is -0.379 e. The van der Waals surface area contributed by atoms with E-state index in [-0.39, 0.29) is 0 Å². The molecule has 6 aromatic rings. The second kappa shape index (κ2) is 11.5. The first-order chi connectivity index (χ1) is 20.7. The Hall–Kier alpha value is -5.01. The van der Waals surface area contributed by atoms with E-state index in [0.717, 1.165) is 39.2 Å². The van der Waals surface area contributed by atoms with Crippen LogP contribution in [0.5, 0.6) is 0 Å². The Bertz CT molecular complexity index is 1900. The number of ether oxygens (including phenoxy) is 1. The summed E-state index contributed by atoms with van der Waals surface area (Å²) in [5, 5.41) is 20.0. The molecule has 7 rings (SSSR count). The Morgan fingerprint density at radius 2 is 1.81 bits per heavy atom. The molecule has 5 heterocycles. The zero-order valence-corrected chi connectivity index (χ0v) is 22.9. The van der Waals surface area contributed by atoms with Gasteiger partial charge in [0.25, 0.3) is 0 Å². The molecule has 1 fully saturated rings. The Morgan fingerprint density at radius 3 is 2.64 bits per heavy atom. The minimum atomic E-state index is -0.650. The predicted molar refractivity (Wildman–Crippen MR) is 162 cm³/mol. The van der Waals surface area contributed by atoms with Crippen LogP contribution in [-0.2, 0) is 11.3 Å². The van der Waals surface area contributed by atoms with E-state index in [1.54, 1.807) is 10.7 Å². The first-order valence-electron chi connectivity index (χ1n) is 13.9. The topological polar surface area (TPSA) is 104 Å². The molecule has 1 unspecified atom stereocenters. The lowest BCUT2D eigenvalue weighted by Gasteiger charge is -2.31. The number of fused-ring (bicyclic) bond motifs is 2. The Labute approximate surface area is 242 Å². The van der Waals surface area contributed by atoms with Crippen LogP contribution in [0.2, 0.25) is 0 Å². The Morgan fingerprint density at radius 1 is 0.976 bits per heavy atom. The van der Waals surface area contributed by atoms with Gasteiger partial charge in [0.15, 0.2) is 5.65 Å². The number of hydrogen-bond acceptors (Lipinski definition) is 7. The lowest BCUT2D eigenvalue weighted by molar-refractivity contribution is -0.0603. The van der Waals surface area contributed by atoms with Gasteiger partial charge in [0.1, 0.15) is 23.4 Å².